The van der Waals surface area contributed by atoms with Crippen LogP contribution in [0.4, 0.5) is 0 Å². The average Bonchev–Trinajstić information content (AvgIpc) is 2.77. The highest BCUT2D eigenvalue weighted by atomic mass is 16.5. The average molecular weight is 209 g/mol. The van der Waals surface area contributed by atoms with E-state index < -0.39 is 0 Å². The van der Waals surface area contributed by atoms with Crippen molar-refractivity contribution in [2.45, 2.75) is 44.6 Å². The minimum Gasteiger partial charge on any atom is -0.465 e. The summed E-state index contributed by atoms with van der Waals surface area (Å²) in [6.45, 7) is 3.16. The van der Waals surface area contributed by atoms with Gasteiger partial charge in [0, 0.05) is 11.5 Å². The van der Waals surface area contributed by atoms with Crippen molar-refractivity contribution < 1.29 is 9.53 Å². The van der Waals surface area contributed by atoms with Crippen molar-refractivity contribution in [3.05, 3.63) is 0 Å². The fraction of sp³-hybridized carbons (Fsp3) is 0.917. The standard InChI is InChI=1S/C12H19NO2/c14-11-8-12(9-15-11)5-1-2-6-13-7-3-4-10(12)13/h10H,1-9H2. The summed E-state index contributed by atoms with van der Waals surface area (Å²) in [6, 6.07) is 0.631. The largest absolute Gasteiger partial charge is 0.465 e. The SMILES string of the molecule is O=C1CC2(CCCCN3CCCC32)CO1. The number of nitrogens with zero attached hydrogens (tertiary/aromatic N) is 1. The Morgan fingerprint density at radius 2 is 2.13 bits per heavy atom. The molecule has 0 aliphatic carbocycles. The van der Waals surface area contributed by atoms with Crippen LogP contribution in [-0.4, -0.2) is 36.6 Å². The third-order valence-corrected chi connectivity index (χ3v) is 4.46. The first kappa shape index (κ1) is 9.64. The summed E-state index contributed by atoms with van der Waals surface area (Å²) in [5, 5.41) is 0. The second kappa shape index (κ2) is 3.48. The number of rotatable bonds is 0. The molecule has 3 aliphatic heterocycles. The third kappa shape index (κ3) is 1.48. The van der Waals surface area contributed by atoms with Crippen LogP contribution in [0.25, 0.3) is 0 Å². The number of hydrogen-bond donors (Lipinski definition) is 0. The molecule has 3 heteroatoms. The van der Waals surface area contributed by atoms with E-state index in [-0.39, 0.29) is 11.4 Å². The van der Waals surface area contributed by atoms with Crippen molar-refractivity contribution >= 4 is 5.97 Å². The first-order valence-corrected chi connectivity index (χ1v) is 6.20. The molecule has 0 radical (unpaired) electrons. The van der Waals surface area contributed by atoms with Gasteiger partial charge >= 0.3 is 5.97 Å². The lowest BCUT2D eigenvalue weighted by Gasteiger charge is -2.35. The molecule has 15 heavy (non-hydrogen) atoms. The molecule has 84 valence electrons. The van der Waals surface area contributed by atoms with Crippen molar-refractivity contribution in [2.24, 2.45) is 5.41 Å². The molecule has 3 heterocycles. The molecule has 3 saturated heterocycles. The maximum absolute atomic E-state index is 11.4. The molecular formula is C12H19NO2. The fourth-order valence-electron chi connectivity index (χ4n) is 3.73. The summed E-state index contributed by atoms with van der Waals surface area (Å²) in [7, 11) is 0. The van der Waals surface area contributed by atoms with E-state index in [2.05, 4.69) is 4.90 Å². The van der Waals surface area contributed by atoms with Gasteiger partial charge < -0.3 is 4.74 Å². The van der Waals surface area contributed by atoms with Gasteiger partial charge in [0.25, 0.3) is 0 Å². The molecule has 0 amide bonds. The van der Waals surface area contributed by atoms with Crippen molar-refractivity contribution in [3.8, 4) is 0 Å². The van der Waals surface area contributed by atoms with Crippen LogP contribution in [0.15, 0.2) is 0 Å². The summed E-state index contributed by atoms with van der Waals surface area (Å²) in [5.41, 5.74) is 0.185. The number of carbonyl (C=O) groups is 1. The lowest BCUT2D eigenvalue weighted by molar-refractivity contribution is -0.137. The zero-order valence-corrected chi connectivity index (χ0v) is 9.21. The zero-order chi connectivity index (χ0) is 10.3. The monoisotopic (exact) mass is 209 g/mol. The molecule has 2 unspecified atom stereocenters. The fourth-order valence-corrected chi connectivity index (χ4v) is 3.73. The van der Waals surface area contributed by atoms with Gasteiger partial charge in [0.15, 0.2) is 0 Å². The number of ether oxygens (including phenoxy) is 1. The molecule has 3 fully saturated rings. The summed E-state index contributed by atoms with van der Waals surface area (Å²) >= 11 is 0. The van der Waals surface area contributed by atoms with Gasteiger partial charge in [-0.3, -0.25) is 9.69 Å². The van der Waals surface area contributed by atoms with E-state index in [1.807, 2.05) is 0 Å². The number of fused-ring (bicyclic) bond motifs is 2. The summed E-state index contributed by atoms with van der Waals surface area (Å²) < 4.78 is 5.24. The zero-order valence-electron chi connectivity index (χ0n) is 9.21. The smallest absolute Gasteiger partial charge is 0.306 e. The van der Waals surface area contributed by atoms with Gasteiger partial charge in [-0.05, 0) is 38.8 Å². The molecular weight excluding hydrogens is 190 g/mol. The minimum absolute atomic E-state index is 0.0312. The van der Waals surface area contributed by atoms with Crippen LogP contribution in [0.3, 0.4) is 0 Å². The Labute approximate surface area is 90.8 Å². The highest BCUT2D eigenvalue weighted by Crippen LogP contribution is 2.46. The van der Waals surface area contributed by atoms with E-state index in [0.717, 1.165) is 0 Å². The van der Waals surface area contributed by atoms with Gasteiger partial charge in [0.1, 0.15) is 0 Å². The highest BCUT2D eigenvalue weighted by molar-refractivity contribution is 5.72. The van der Waals surface area contributed by atoms with E-state index in [1.165, 1.54) is 45.2 Å². The van der Waals surface area contributed by atoms with E-state index in [0.29, 0.717) is 19.1 Å². The maximum atomic E-state index is 11.4. The Morgan fingerprint density at radius 3 is 2.93 bits per heavy atom. The predicted octanol–water partition coefficient (Wildman–Crippen LogP) is 1.57. The van der Waals surface area contributed by atoms with Crippen LogP contribution in [0.2, 0.25) is 0 Å². The second-order valence-corrected chi connectivity index (χ2v) is 5.35. The van der Waals surface area contributed by atoms with Crippen LogP contribution >= 0.6 is 0 Å². The van der Waals surface area contributed by atoms with Crippen molar-refractivity contribution in [2.75, 3.05) is 19.7 Å². The van der Waals surface area contributed by atoms with Crippen molar-refractivity contribution in [3.63, 3.8) is 0 Å². The van der Waals surface area contributed by atoms with E-state index in [4.69, 9.17) is 4.74 Å². The lowest BCUT2D eigenvalue weighted by atomic mass is 9.75. The third-order valence-electron chi connectivity index (χ3n) is 4.46. The van der Waals surface area contributed by atoms with Crippen LogP contribution < -0.4 is 0 Å². The topological polar surface area (TPSA) is 29.5 Å². The van der Waals surface area contributed by atoms with Gasteiger partial charge in [-0.2, -0.15) is 0 Å². The molecule has 2 atom stereocenters. The van der Waals surface area contributed by atoms with Crippen LogP contribution in [0.1, 0.15) is 38.5 Å². The first-order chi connectivity index (χ1) is 7.30. The lowest BCUT2D eigenvalue weighted by Crippen LogP contribution is -2.43. The predicted molar refractivity (Wildman–Crippen MR) is 56.5 cm³/mol. The first-order valence-electron chi connectivity index (χ1n) is 6.20. The quantitative estimate of drug-likeness (QED) is 0.567. The molecule has 0 bridgehead atoms. The van der Waals surface area contributed by atoms with E-state index >= 15 is 0 Å². The van der Waals surface area contributed by atoms with E-state index in [1.54, 1.807) is 0 Å². The number of carbonyl (C=O) groups excluding carboxylic acids is 1. The Morgan fingerprint density at radius 1 is 1.27 bits per heavy atom. The summed E-state index contributed by atoms with van der Waals surface area (Å²) in [6.07, 6.45) is 7.02. The Bertz CT molecular complexity index is 279. The molecule has 0 N–H and O–H groups in total. The Balaban J connectivity index is 1.88. The summed E-state index contributed by atoms with van der Waals surface area (Å²) in [5.74, 6) is 0.0312. The van der Waals surface area contributed by atoms with Gasteiger partial charge in [0.2, 0.25) is 0 Å². The molecule has 0 saturated carbocycles. The highest BCUT2D eigenvalue weighted by Gasteiger charge is 2.50. The van der Waals surface area contributed by atoms with Crippen LogP contribution in [-0.2, 0) is 9.53 Å². The number of hydrogen-bond acceptors (Lipinski definition) is 3. The molecule has 0 aromatic heterocycles. The minimum atomic E-state index is 0.0312. The van der Waals surface area contributed by atoms with Crippen LogP contribution in [0, 0.1) is 5.41 Å². The van der Waals surface area contributed by atoms with Crippen LogP contribution in [0.5, 0.6) is 0 Å². The summed E-state index contributed by atoms with van der Waals surface area (Å²) in [4.78, 5) is 14.0. The van der Waals surface area contributed by atoms with Gasteiger partial charge in [-0.15, -0.1) is 0 Å². The number of cyclic esters (lactones) is 1. The number of esters is 1. The van der Waals surface area contributed by atoms with Gasteiger partial charge in [-0.1, -0.05) is 6.42 Å². The molecule has 3 rings (SSSR count). The maximum Gasteiger partial charge on any atom is 0.306 e. The molecule has 1 spiro atoms. The Hall–Kier alpha value is -0.570. The van der Waals surface area contributed by atoms with Crippen molar-refractivity contribution in [1.82, 2.24) is 4.90 Å². The van der Waals surface area contributed by atoms with Gasteiger partial charge in [0.05, 0.1) is 13.0 Å². The van der Waals surface area contributed by atoms with E-state index in [9.17, 15) is 4.79 Å². The molecule has 0 aromatic carbocycles. The normalized spacial score (nSPS) is 41.6. The second-order valence-electron chi connectivity index (χ2n) is 5.35. The van der Waals surface area contributed by atoms with Gasteiger partial charge in [-0.25, -0.2) is 0 Å². The van der Waals surface area contributed by atoms with Crippen molar-refractivity contribution in [1.29, 1.82) is 0 Å². The molecule has 0 aromatic rings. The Kier molecular flexibility index (Phi) is 2.23. The molecule has 3 nitrogen and oxygen atoms in total. The molecule has 3 aliphatic rings.